The van der Waals surface area contributed by atoms with E-state index in [0.29, 0.717) is 6.42 Å². The highest BCUT2D eigenvalue weighted by Gasteiger charge is 2.32. The van der Waals surface area contributed by atoms with E-state index in [2.05, 4.69) is 17.1 Å². The Morgan fingerprint density at radius 3 is 2.44 bits per heavy atom. The topological polar surface area (TPSA) is 52.6 Å². The summed E-state index contributed by atoms with van der Waals surface area (Å²) in [6, 6.07) is 0.185. The van der Waals surface area contributed by atoms with Gasteiger partial charge in [-0.15, -0.1) is 0 Å². The summed E-state index contributed by atoms with van der Waals surface area (Å²) in [5.41, 5.74) is -0.803. The second kappa shape index (κ2) is 6.86. The van der Waals surface area contributed by atoms with E-state index >= 15 is 0 Å². The van der Waals surface area contributed by atoms with Gasteiger partial charge in [0.2, 0.25) is 0 Å². The van der Waals surface area contributed by atoms with Gasteiger partial charge in [0.15, 0.2) is 0 Å². The molecule has 0 fully saturated rings. The molecule has 0 aromatic carbocycles. The first-order chi connectivity index (χ1) is 7.31. The van der Waals surface area contributed by atoms with Gasteiger partial charge in [-0.05, 0) is 53.8 Å². The molecule has 2 N–H and O–H groups in total. The van der Waals surface area contributed by atoms with Crippen LogP contribution in [0.25, 0.3) is 0 Å². The van der Waals surface area contributed by atoms with E-state index in [1.54, 1.807) is 6.92 Å². The number of carbonyl (C=O) groups is 1. The van der Waals surface area contributed by atoms with E-state index in [1.165, 1.54) is 0 Å². The lowest BCUT2D eigenvalue weighted by Crippen LogP contribution is -2.52. The predicted octanol–water partition coefficient (Wildman–Crippen LogP) is 1.56. The maximum atomic E-state index is 11.2. The largest absolute Gasteiger partial charge is 0.480 e. The molecule has 0 radical (unpaired) electrons. The Morgan fingerprint density at radius 1 is 1.50 bits per heavy atom. The Kier molecular flexibility index (Phi) is 6.60. The standard InChI is InChI=1S/C12H26N2O2/c1-6-14(5)9-7-8-12(4,11(15)16)13-10(2)3/h10,13H,6-9H2,1-5H3,(H,15,16). The molecule has 4 nitrogen and oxygen atoms in total. The molecule has 96 valence electrons. The summed E-state index contributed by atoms with van der Waals surface area (Å²) in [5.74, 6) is -0.764. The Balaban J connectivity index is 4.18. The van der Waals surface area contributed by atoms with Crippen LogP contribution in [-0.2, 0) is 4.79 Å². The Bertz CT molecular complexity index is 219. The highest BCUT2D eigenvalue weighted by atomic mass is 16.4. The summed E-state index contributed by atoms with van der Waals surface area (Å²) in [4.78, 5) is 13.4. The number of carboxylic acids is 1. The van der Waals surface area contributed by atoms with Gasteiger partial charge in [-0.25, -0.2) is 0 Å². The van der Waals surface area contributed by atoms with Crippen molar-refractivity contribution < 1.29 is 9.90 Å². The van der Waals surface area contributed by atoms with Crippen LogP contribution in [0.15, 0.2) is 0 Å². The van der Waals surface area contributed by atoms with Crippen molar-refractivity contribution in [2.24, 2.45) is 0 Å². The maximum absolute atomic E-state index is 11.2. The quantitative estimate of drug-likeness (QED) is 0.664. The third-order valence-electron chi connectivity index (χ3n) is 2.84. The molecule has 16 heavy (non-hydrogen) atoms. The monoisotopic (exact) mass is 230 g/mol. The van der Waals surface area contributed by atoms with Gasteiger partial charge in [0, 0.05) is 6.04 Å². The van der Waals surface area contributed by atoms with Gasteiger partial charge >= 0.3 is 5.97 Å². The average Bonchev–Trinajstić information content (AvgIpc) is 2.16. The van der Waals surface area contributed by atoms with Crippen molar-refractivity contribution in [2.45, 2.75) is 52.1 Å². The Hall–Kier alpha value is -0.610. The fourth-order valence-corrected chi connectivity index (χ4v) is 1.74. The molecule has 0 heterocycles. The number of hydrogen-bond donors (Lipinski definition) is 2. The fraction of sp³-hybridized carbons (Fsp3) is 0.917. The summed E-state index contributed by atoms with van der Waals surface area (Å²) in [6.45, 7) is 9.75. The maximum Gasteiger partial charge on any atom is 0.323 e. The molecule has 0 aliphatic carbocycles. The number of hydrogen-bond acceptors (Lipinski definition) is 3. The van der Waals surface area contributed by atoms with Crippen molar-refractivity contribution >= 4 is 5.97 Å². The highest BCUT2D eigenvalue weighted by molar-refractivity contribution is 5.78. The van der Waals surface area contributed by atoms with E-state index < -0.39 is 11.5 Å². The van der Waals surface area contributed by atoms with Crippen molar-refractivity contribution in [1.29, 1.82) is 0 Å². The smallest absolute Gasteiger partial charge is 0.323 e. The molecule has 0 aliphatic heterocycles. The van der Waals surface area contributed by atoms with Crippen molar-refractivity contribution in [3.8, 4) is 0 Å². The molecule has 0 aromatic heterocycles. The third kappa shape index (κ3) is 5.47. The molecule has 0 saturated heterocycles. The molecule has 0 aliphatic rings. The lowest BCUT2D eigenvalue weighted by molar-refractivity contribution is -0.144. The minimum absolute atomic E-state index is 0.185. The molecule has 0 aromatic rings. The first-order valence-corrected chi connectivity index (χ1v) is 6.01. The van der Waals surface area contributed by atoms with Gasteiger partial charge in [-0.1, -0.05) is 6.92 Å². The van der Waals surface area contributed by atoms with Crippen molar-refractivity contribution in [2.75, 3.05) is 20.1 Å². The molecule has 0 amide bonds. The van der Waals surface area contributed by atoms with Crippen LogP contribution in [0.2, 0.25) is 0 Å². The van der Waals surface area contributed by atoms with Crippen LogP contribution in [0.1, 0.15) is 40.5 Å². The fourth-order valence-electron chi connectivity index (χ4n) is 1.74. The molecule has 0 saturated carbocycles. The van der Waals surface area contributed by atoms with Crippen LogP contribution >= 0.6 is 0 Å². The Labute approximate surface area is 99.0 Å². The first-order valence-electron chi connectivity index (χ1n) is 6.01. The predicted molar refractivity (Wildman–Crippen MR) is 66.7 cm³/mol. The lowest BCUT2D eigenvalue weighted by atomic mass is 9.95. The molecule has 0 spiro atoms. The zero-order valence-electron chi connectivity index (χ0n) is 11.2. The van der Waals surface area contributed by atoms with Gasteiger partial charge < -0.3 is 10.0 Å². The van der Waals surface area contributed by atoms with Crippen LogP contribution in [0.4, 0.5) is 0 Å². The molecule has 1 unspecified atom stereocenters. The zero-order valence-corrected chi connectivity index (χ0v) is 11.2. The molecule has 1 atom stereocenters. The SMILES string of the molecule is CCN(C)CCCC(C)(NC(C)C)C(=O)O. The van der Waals surface area contributed by atoms with E-state index in [0.717, 1.165) is 19.5 Å². The summed E-state index contributed by atoms with van der Waals surface area (Å²) < 4.78 is 0. The summed E-state index contributed by atoms with van der Waals surface area (Å²) in [7, 11) is 2.05. The third-order valence-corrected chi connectivity index (χ3v) is 2.84. The number of carboxylic acid groups (broad SMARTS) is 1. The summed E-state index contributed by atoms with van der Waals surface area (Å²) >= 11 is 0. The normalized spacial score (nSPS) is 15.4. The van der Waals surface area contributed by atoms with E-state index in [1.807, 2.05) is 20.9 Å². The van der Waals surface area contributed by atoms with Crippen LogP contribution in [0.5, 0.6) is 0 Å². The summed E-state index contributed by atoms with van der Waals surface area (Å²) in [6.07, 6.45) is 1.55. The van der Waals surface area contributed by atoms with Gasteiger partial charge in [0.1, 0.15) is 5.54 Å². The van der Waals surface area contributed by atoms with E-state index in [-0.39, 0.29) is 6.04 Å². The molecular weight excluding hydrogens is 204 g/mol. The highest BCUT2D eigenvalue weighted by Crippen LogP contribution is 2.14. The molecule has 0 rings (SSSR count). The van der Waals surface area contributed by atoms with E-state index in [4.69, 9.17) is 0 Å². The van der Waals surface area contributed by atoms with Gasteiger partial charge in [-0.2, -0.15) is 0 Å². The second-order valence-electron chi connectivity index (χ2n) is 4.94. The number of nitrogens with zero attached hydrogens (tertiary/aromatic N) is 1. The molecule has 4 heteroatoms. The van der Waals surface area contributed by atoms with Crippen molar-refractivity contribution in [3.63, 3.8) is 0 Å². The average molecular weight is 230 g/mol. The lowest BCUT2D eigenvalue weighted by Gasteiger charge is -2.29. The minimum Gasteiger partial charge on any atom is -0.480 e. The number of aliphatic carboxylic acids is 1. The Morgan fingerprint density at radius 2 is 2.06 bits per heavy atom. The van der Waals surface area contributed by atoms with E-state index in [9.17, 15) is 9.90 Å². The van der Waals surface area contributed by atoms with Crippen molar-refractivity contribution in [3.05, 3.63) is 0 Å². The van der Waals surface area contributed by atoms with Crippen LogP contribution in [0, 0.1) is 0 Å². The van der Waals surface area contributed by atoms with Gasteiger partial charge in [0.25, 0.3) is 0 Å². The minimum atomic E-state index is -0.803. The van der Waals surface area contributed by atoms with Crippen LogP contribution in [-0.4, -0.2) is 47.7 Å². The van der Waals surface area contributed by atoms with Gasteiger partial charge in [-0.3, -0.25) is 10.1 Å². The van der Waals surface area contributed by atoms with Gasteiger partial charge in [0.05, 0.1) is 0 Å². The number of nitrogens with one attached hydrogen (secondary N) is 1. The van der Waals surface area contributed by atoms with Crippen LogP contribution < -0.4 is 5.32 Å². The number of rotatable bonds is 8. The molecular formula is C12H26N2O2. The molecule has 0 bridgehead atoms. The van der Waals surface area contributed by atoms with Crippen molar-refractivity contribution in [1.82, 2.24) is 10.2 Å². The summed E-state index contributed by atoms with van der Waals surface area (Å²) in [5, 5.41) is 12.4. The zero-order chi connectivity index (χ0) is 12.8. The second-order valence-corrected chi connectivity index (χ2v) is 4.94. The van der Waals surface area contributed by atoms with Crippen LogP contribution in [0.3, 0.4) is 0 Å². The first kappa shape index (κ1) is 15.4.